The molecular formula is C19H27Cl2N3O2. The number of nitrogens with two attached hydrogens (primary N) is 1. The van der Waals surface area contributed by atoms with Crippen molar-refractivity contribution in [3.8, 4) is 5.75 Å². The average molecular weight is 400 g/mol. The van der Waals surface area contributed by atoms with E-state index in [2.05, 4.69) is 24.1 Å². The Labute approximate surface area is 167 Å². The highest BCUT2D eigenvalue weighted by Gasteiger charge is 2.10. The molecule has 3 N–H and O–H groups in total. The van der Waals surface area contributed by atoms with Gasteiger partial charge in [-0.3, -0.25) is 4.79 Å². The number of hydrogen-bond acceptors (Lipinski definition) is 4. The second-order valence-electron chi connectivity index (χ2n) is 5.45. The minimum Gasteiger partial charge on any atom is -0.490 e. The van der Waals surface area contributed by atoms with Crippen molar-refractivity contribution in [2.75, 3.05) is 37.3 Å². The molecule has 0 radical (unpaired) electrons. The van der Waals surface area contributed by atoms with Crippen molar-refractivity contribution in [1.29, 1.82) is 0 Å². The highest BCUT2D eigenvalue weighted by Crippen LogP contribution is 2.24. The van der Waals surface area contributed by atoms with E-state index in [1.165, 1.54) is 0 Å². The SMILES string of the molecule is CCN(CC)CCOc1ccccc1NC(=O)c1cccc(N)c1.Cl.Cl. The summed E-state index contributed by atoms with van der Waals surface area (Å²) in [6, 6.07) is 14.3. The zero-order chi connectivity index (χ0) is 17.4. The molecule has 0 aromatic heterocycles. The number of nitrogen functional groups attached to an aromatic ring is 1. The topological polar surface area (TPSA) is 67.6 Å². The number of anilines is 2. The number of likely N-dealkylation sites (N-methyl/N-ethyl adjacent to an activating group) is 1. The zero-order valence-corrected chi connectivity index (χ0v) is 16.7. The molecule has 0 bridgehead atoms. The fourth-order valence-electron chi connectivity index (χ4n) is 2.39. The van der Waals surface area contributed by atoms with Crippen LogP contribution in [0.5, 0.6) is 5.75 Å². The van der Waals surface area contributed by atoms with Crippen LogP contribution in [0.4, 0.5) is 11.4 Å². The number of nitrogens with one attached hydrogen (secondary N) is 1. The van der Waals surface area contributed by atoms with Crippen molar-refractivity contribution < 1.29 is 9.53 Å². The molecule has 0 aliphatic carbocycles. The highest BCUT2D eigenvalue weighted by molar-refractivity contribution is 6.05. The number of carbonyl (C=O) groups is 1. The van der Waals surface area contributed by atoms with Crippen molar-refractivity contribution >= 4 is 42.1 Å². The van der Waals surface area contributed by atoms with Crippen molar-refractivity contribution in [2.24, 2.45) is 0 Å². The van der Waals surface area contributed by atoms with Gasteiger partial charge in [0.05, 0.1) is 5.69 Å². The zero-order valence-electron chi connectivity index (χ0n) is 15.1. The maximum Gasteiger partial charge on any atom is 0.255 e. The number of amides is 1. The summed E-state index contributed by atoms with van der Waals surface area (Å²) in [4.78, 5) is 14.6. The summed E-state index contributed by atoms with van der Waals surface area (Å²) in [5, 5.41) is 2.89. The fourth-order valence-corrected chi connectivity index (χ4v) is 2.39. The first-order valence-electron chi connectivity index (χ1n) is 8.25. The lowest BCUT2D eigenvalue weighted by Crippen LogP contribution is -2.28. The van der Waals surface area contributed by atoms with Crippen LogP contribution in [-0.2, 0) is 0 Å². The van der Waals surface area contributed by atoms with Crippen LogP contribution in [0.3, 0.4) is 0 Å². The van der Waals surface area contributed by atoms with Gasteiger partial charge in [0.1, 0.15) is 12.4 Å². The number of benzene rings is 2. The van der Waals surface area contributed by atoms with E-state index in [1.54, 1.807) is 24.3 Å². The summed E-state index contributed by atoms with van der Waals surface area (Å²) in [6.45, 7) is 7.67. The van der Waals surface area contributed by atoms with Crippen LogP contribution in [0.15, 0.2) is 48.5 Å². The minimum atomic E-state index is -0.206. The maximum absolute atomic E-state index is 12.4. The number of ether oxygens (including phenoxy) is 1. The van der Waals surface area contributed by atoms with E-state index in [9.17, 15) is 4.79 Å². The predicted octanol–water partition coefficient (Wildman–Crippen LogP) is 4.09. The van der Waals surface area contributed by atoms with E-state index in [0.717, 1.165) is 19.6 Å². The highest BCUT2D eigenvalue weighted by atomic mass is 35.5. The summed E-state index contributed by atoms with van der Waals surface area (Å²) in [5.41, 5.74) is 7.47. The van der Waals surface area contributed by atoms with Crippen LogP contribution in [0.1, 0.15) is 24.2 Å². The van der Waals surface area contributed by atoms with Gasteiger partial charge in [0.25, 0.3) is 5.91 Å². The Morgan fingerprint density at radius 1 is 1.08 bits per heavy atom. The summed E-state index contributed by atoms with van der Waals surface area (Å²) in [6.07, 6.45) is 0. The molecule has 0 unspecified atom stereocenters. The summed E-state index contributed by atoms with van der Waals surface area (Å²) < 4.78 is 5.85. The van der Waals surface area contributed by atoms with Gasteiger partial charge in [-0.2, -0.15) is 0 Å². The van der Waals surface area contributed by atoms with Gasteiger partial charge in [-0.25, -0.2) is 0 Å². The molecule has 2 aromatic carbocycles. The van der Waals surface area contributed by atoms with Crippen LogP contribution < -0.4 is 15.8 Å². The minimum absolute atomic E-state index is 0. The largest absolute Gasteiger partial charge is 0.490 e. The molecule has 7 heteroatoms. The van der Waals surface area contributed by atoms with Crippen LogP contribution >= 0.6 is 24.8 Å². The monoisotopic (exact) mass is 399 g/mol. The molecule has 0 fully saturated rings. The lowest BCUT2D eigenvalue weighted by atomic mass is 10.2. The molecule has 144 valence electrons. The Kier molecular flexibility index (Phi) is 11.5. The molecule has 2 aromatic rings. The van der Waals surface area contributed by atoms with Crippen LogP contribution in [0.2, 0.25) is 0 Å². The Morgan fingerprint density at radius 3 is 2.42 bits per heavy atom. The second-order valence-corrected chi connectivity index (χ2v) is 5.45. The van der Waals surface area contributed by atoms with Crippen molar-refractivity contribution in [1.82, 2.24) is 4.90 Å². The number of para-hydroxylation sites is 2. The number of halogens is 2. The van der Waals surface area contributed by atoms with Gasteiger partial charge in [-0.15, -0.1) is 24.8 Å². The standard InChI is InChI=1S/C19H25N3O2.2ClH/c1-3-22(4-2)12-13-24-18-11-6-5-10-17(18)21-19(23)15-8-7-9-16(20)14-15;;/h5-11,14H,3-4,12-13,20H2,1-2H3,(H,21,23);2*1H. The Morgan fingerprint density at radius 2 is 1.77 bits per heavy atom. The molecule has 0 heterocycles. The summed E-state index contributed by atoms with van der Waals surface area (Å²) in [5.74, 6) is 0.462. The molecule has 0 saturated carbocycles. The molecule has 26 heavy (non-hydrogen) atoms. The Hall–Kier alpha value is -1.95. The number of nitrogens with zero attached hydrogens (tertiary/aromatic N) is 1. The summed E-state index contributed by atoms with van der Waals surface area (Å²) in [7, 11) is 0. The van der Waals surface area contributed by atoms with E-state index in [4.69, 9.17) is 10.5 Å². The third kappa shape index (κ3) is 7.12. The maximum atomic E-state index is 12.4. The van der Waals surface area contributed by atoms with E-state index < -0.39 is 0 Å². The smallest absolute Gasteiger partial charge is 0.255 e. The Bertz CT molecular complexity index is 679. The molecule has 0 saturated heterocycles. The predicted molar refractivity (Wildman–Crippen MR) is 113 cm³/mol. The molecule has 2 rings (SSSR count). The van der Waals surface area contributed by atoms with E-state index in [1.807, 2.05) is 24.3 Å². The van der Waals surface area contributed by atoms with Gasteiger partial charge in [0.15, 0.2) is 0 Å². The van der Waals surface area contributed by atoms with Crippen LogP contribution in [0.25, 0.3) is 0 Å². The second kappa shape index (κ2) is 12.4. The van der Waals surface area contributed by atoms with Gasteiger partial charge in [0, 0.05) is 17.8 Å². The summed E-state index contributed by atoms with van der Waals surface area (Å²) >= 11 is 0. The van der Waals surface area contributed by atoms with Gasteiger partial charge >= 0.3 is 0 Å². The first kappa shape index (κ1) is 24.1. The van der Waals surface area contributed by atoms with Gasteiger partial charge in [-0.05, 0) is 43.4 Å². The number of hydrogen-bond donors (Lipinski definition) is 2. The number of carbonyl (C=O) groups excluding carboxylic acids is 1. The van der Waals surface area contributed by atoms with E-state index >= 15 is 0 Å². The third-order valence-electron chi connectivity index (χ3n) is 3.84. The van der Waals surface area contributed by atoms with Gasteiger partial charge in [0.2, 0.25) is 0 Å². The lowest BCUT2D eigenvalue weighted by Gasteiger charge is -2.19. The molecule has 1 amide bonds. The molecular weight excluding hydrogens is 373 g/mol. The van der Waals surface area contributed by atoms with Crippen LogP contribution in [-0.4, -0.2) is 37.0 Å². The fraction of sp³-hybridized carbons (Fsp3) is 0.316. The normalized spacial score (nSPS) is 9.81. The van der Waals surface area contributed by atoms with E-state index in [0.29, 0.717) is 29.3 Å². The average Bonchev–Trinajstić information content (AvgIpc) is 2.60. The Balaban J connectivity index is 0.00000312. The van der Waals surface area contributed by atoms with Crippen molar-refractivity contribution in [3.05, 3.63) is 54.1 Å². The molecule has 0 aliphatic rings. The molecule has 0 spiro atoms. The van der Waals surface area contributed by atoms with E-state index in [-0.39, 0.29) is 30.7 Å². The third-order valence-corrected chi connectivity index (χ3v) is 3.84. The van der Waals surface area contributed by atoms with Crippen molar-refractivity contribution in [2.45, 2.75) is 13.8 Å². The first-order valence-corrected chi connectivity index (χ1v) is 8.25. The van der Waals surface area contributed by atoms with Crippen LogP contribution in [0, 0.1) is 0 Å². The molecule has 0 atom stereocenters. The quantitative estimate of drug-likeness (QED) is 0.655. The molecule has 5 nitrogen and oxygen atoms in total. The lowest BCUT2D eigenvalue weighted by molar-refractivity contribution is 0.102. The van der Waals surface area contributed by atoms with Gasteiger partial charge in [-0.1, -0.05) is 32.0 Å². The molecule has 0 aliphatic heterocycles. The van der Waals surface area contributed by atoms with Gasteiger partial charge < -0.3 is 20.7 Å². The van der Waals surface area contributed by atoms with Crippen molar-refractivity contribution in [3.63, 3.8) is 0 Å². The number of rotatable bonds is 8. The first-order chi connectivity index (χ1) is 11.6.